The molecule has 0 spiro atoms. The highest BCUT2D eigenvalue weighted by Gasteiger charge is 2.21. The lowest BCUT2D eigenvalue weighted by Gasteiger charge is -2.24. The van der Waals surface area contributed by atoms with Crippen LogP contribution in [0.2, 0.25) is 0 Å². The molecule has 33 heavy (non-hydrogen) atoms. The molecule has 1 heterocycles. The Morgan fingerprint density at radius 3 is 2.36 bits per heavy atom. The van der Waals surface area contributed by atoms with Gasteiger partial charge in [0, 0.05) is 44.7 Å². The minimum absolute atomic E-state index is 0.0442. The van der Waals surface area contributed by atoms with Gasteiger partial charge in [0.15, 0.2) is 0 Å². The molecule has 1 aliphatic rings. The molecule has 6 heteroatoms. The van der Waals surface area contributed by atoms with Crippen molar-refractivity contribution in [2.24, 2.45) is 0 Å². The van der Waals surface area contributed by atoms with Gasteiger partial charge in [-0.1, -0.05) is 48.5 Å². The lowest BCUT2D eigenvalue weighted by Crippen LogP contribution is -2.37. The molecule has 2 aromatic rings. The summed E-state index contributed by atoms with van der Waals surface area (Å²) in [4.78, 5) is 31.6. The van der Waals surface area contributed by atoms with Crippen LogP contribution in [0.1, 0.15) is 37.7 Å². The Morgan fingerprint density at radius 1 is 0.909 bits per heavy atom. The molecule has 0 aliphatic carbocycles. The second kappa shape index (κ2) is 13.4. The van der Waals surface area contributed by atoms with E-state index in [1.807, 2.05) is 41.3 Å². The van der Waals surface area contributed by atoms with Gasteiger partial charge in [-0.05, 0) is 50.0 Å². The fourth-order valence-corrected chi connectivity index (χ4v) is 4.27. The van der Waals surface area contributed by atoms with Gasteiger partial charge in [0.25, 0.3) is 0 Å². The van der Waals surface area contributed by atoms with Gasteiger partial charge in [0.1, 0.15) is 0 Å². The van der Waals surface area contributed by atoms with Gasteiger partial charge < -0.3 is 14.7 Å². The maximum absolute atomic E-state index is 12.8. The maximum Gasteiger partial charge on any atom is 0.227 e. The highest BCUT2D eigenvalue weighted by atomic mass is 16.2. The number of carbonyl (C=O) groups excluding carboxylic acids is 2. The van der Waals surface area contributed by atoms with Gasteiger partial charge in [0.05, 0.1) is 12.5 Å². The summed E-state index contributed by atoms with van der Waals surface area (Å²) in [6.07, 6.45) is 3.79. The number of benzene rings is 2. The van der Waals surface area contributed by atoms with Crippen molar-refractivity contribution in [1.82, 2.24) is 9.80 Å². The van der Waals surface area contributed by atoms with E-state index in [2.05, 4.69) is 35.2 Å². The lowest BCUT2D eigenvalue weighted by molar-refractivity contribution is -0.133. The molecule has 1 saturated heterocycles. The van der Waals surface area contributed by atoms with Crippen molar-refractivity contribution in [2.75, 3.05) is 44.2 Å². The van der Waals surface area contributed by atoms with Crippen LogP contribution >= 0.6 is 0 Å². The molecule has 2 aromatic carbocycles. The second-order valence-corrected chi connectivity index (χ2v) is 8.45. The number of amides is 2. The van der Waals surface area contributed by atoms with Crippen LogP contribution in [-0.2, 0) is 16.0 Å². The third kappa shape index (κ3) is 8.03. The quantitative estimate of drug-likeness (QED) is 0.555. The zero-order chi connectivity index (χ0) is 23.3. The summed E-state index contributed by atoms with van der Waals surface area (Å²) in [6.45, 7) is 4.74. The average molecular weight is 447 g/mol. The van der Waals surface area contributed by atoms with E-state index >= 15 is 0 Å². The molecule has 3 rings (SSSR count). The van der Waals surface area contributed by atoms with E-state index < -0.39 is 0 Å². The van der Waals surface area contributed by atoms with Crippen molar-refractivity contribution < 1.29 is 9.59 Å². The van der Waals surface area contributed by atoms with Gasteiger partial charge in [-0.2, -0.15) is 5.26 Å². The normalized spacial score (nSPS) is 14.3. The summed E-state index contributed by atoms with van der Waals surface area (Å²) in [5, 5.41) is 8.94. The summed E-state index contributed by atoms with van der Waals surface area (Å²) in [6, 6.07) is 22.0. The van der Waals surface area contributed by atoms with Gasteiger partial charge in [-0.3, -0.25) is 9.59 Å². The minimum atomic E-state index is -0.109. The Bertz CT molecular complexity index is 911. The third-order valence-electron chi connectivity index (χ3n) is 6.09. The van der Waals surface area contributed by atoms with Crippen LogP contribution in [0.3, 0.4) is 0 Å². The topological polar surface area (TPSA) is 67.6 Å². The van der Waals surface area contributed by atoms with E-state index in [-0.39, 0.29) is 31.1 Å². The molecule has 6 nitrogen and oxygen atoms in total. The zero-order valence-corrected chi connectivity index (χ0v) is 19.4. The molecule has 1 aliphatic heterocycles. The molecule has 0 saturated carbocycles. The summed E-state index contributed by atoms with van der Waals surface area (Å²) in [5.41, 5.74) is 2.14. The number of hydrogen-bond donors (Lipinski definition) is 0. The fraction of sp³-hybridized carbons (Fsp3) is 0.444. The van der Waals surface area contributed by atoms with Crippen LogP contribution in [0, 0.1) is 11.3 Å². The van der Waals surface area contributed by atoms with Crippen LogP contribution in [0.4, 0.5) is 5.69 Å². The number of para-hydroxylation sites is 1. The van der Waals surface area contributed by atoms with E-state index in [4.69, 9.17) is 5.26 Å². The summed E-state index contributed by atoms with van der Waals surface area (Å²) >= 11 is 0. The van der Waals surface area contributed by atoms with Gasteiger partial charge in [-0.25, -0.2) is 0 Å². The lowest BCUT2D eigenvalue weighted by atomic mass is 10.1. The van der Waals surface area contributed by atoms with Crippen molar-refractivity contribution in [3.8, 4) is 6.07 Å². The SMILES string of the molecule is N#CCCN(C(=O)CCC(=O)N1CCCN(CCCc2ccccc2)CC1)c1ccccc1. The number of nitrogens with zero attached hydrogens (tertiary/aromatic N) is 4. The summed E-state index contributed by atoms with van der Waals surface area (Å²) in [5.74, 6) is -0.0649. The molecule has 0 atom stereocenters. The number of aryl methyl sites for hydroxylation is 1. The standard InChI is InChI=1S/C27H34N4O2/c28-17-8-21-31(25-13-5-2-6-14-25)27(33)16-15-26(32)30-20-9-19-29(22-23-30)18-7-12-24-10-3-1-4-11-24/h1-6,10-11,13-14H,7-9,12,15-16,18-23H2. The predicted octanol–water partition coefficient (Wildman–Crippen LogP) is 3.88. The largest absolute Gasteiger partial charge is 0.341 e. The number of carbonyl (C=O) groups is 2. The molecule has 1 fully saturated rings. The molecule has 0 N–H and O–H groups in total. The van der Waals surface area contributed by atoms with Crippen LogP contribution < -0.4 is 4.90 Å². The van der Waals surface area contributed by atoms with Crippen LogP contribution in [-0.4, -0.2) is 60.9 Å². The van der Waals surface area contributed by atoms with Crippen LogP contribution in [0.5, 0.6) is 0 Å². The highest BCUT2D eigenvalue weighted by molar-refractivity contribution is 5.95. The smallest absolute Gasteiger partial charge is 0.227 e. The van der Waals surface area contributed by atoms with Crippen molar-refractivity contribution in [3.63, 3.8) is 0 Å². The number of hydrogen-bond acceptors (Lipinski definition) is 4. The molecule has 0 unspecified atom stereocenters. The number of anilines is 1. The van der Waals surface area contributed by atoms with Crippen molar-refractivity contribution >= 4 is 17.5 Å². The third-order valence-corrected chi connectivity index (χ3v) is 6.09. The Morgan fingerprint density at radius 2 is 1.64 bits per heavy atom. The summed E-state index contributed by atoms with van der Waals surface area (Å²) < 4.78 is 0. The predicted molar refractivity (Wildman–Crippen MR) is 131 cm³/mol. The minimum Gasteiger partial charge on any atom is -0.341 e. The summed E-state index contributed by atoms with van der Waals surface area (Å²) in [7, 11) is 0. The molecule has 0 aromatic heterocycles. The van der Waals surface area contributed by atoms with E-state index in [0.717, 1.165) is 57.7 Å². The first-order valence-corrected chi connectivity index (χ1v) is 11.9. The Balaban J connectivity index is 1.43. The van der Waals surface area contributed by atoms with E-state index in [1.54, 1.807) is 4.90 Å². The monoisotopic (exact) mass is 446 g/mol. The molecular formula is C27H34N4O2. The van der Waals surface area contributed by atoms with Gasteiger partial charge >= 0.3 is 0 Å². The first-order valence-electron chi connectivity index (χ1n) is 11.9. The van der Waals surface area contributed by atoms with Crippen molar-refractivity contribution in [2.45, 2.75) is 38.5 Å². The van der Waals surface area contributed by atoms with Gasteiger partial charge in [0.2, 0.25) is 11.8 Å². The maximum atomic E-state index is 12.8. The molecule has 0 bridgehead atoms. The zero-order valence-electron chi connectivity index (χ0n) is 19.4. The first kappa shape index (κ1) is 24.5. The van der Waals surface area contributed by atoms with Crippen molar-refractivity contribution in [1.29, 1.82) is 5.26 Å². The van der Waals surface area contributed by atoms with Crippen LogP contribution in [0.25, 0.3) is 0 Å². The molecule has 2 amide bonds. The molecule has 174 valence electrons. The Hall–Kier alpha value is -3.17. The number of nitriles is 1. The Kier molecular flexibility index (Phi) is 9.93. The molecule has 0 radical (unpaired) electrons. The van der Waals surface area contributed by atoms with Crippen LogP contribution in [0.15, 0.2) is 60.7 Å². The second-order valence-electron chi connectivity index (χ2n) is 8.45. The fourth-order valence-electron chi connectivity index (χ4n) is 4.27. The van der Waals surface area contributed by atoms with E-state index in [1.165, 1.54) is 5.56 Å². The van der Waals surface area contributed by atoms with Gasteiger partial charge in [-0.15, -0.1) is 0 Å². The first-order chi connectivity index (χ1) is 16.2. The average Bonchev–Trinajstić information content (AvgIpc) is 3.10. The van der Waals surface area contributed by atoms with E-state index in [9.17, 15) is 9.59 Å². The van der Waals surface area contributed by atoms with E-state index in [0.29, 0.717) is 6.54 Å². The highest BCUT2D eigenvalue weighted by Crippen LogP contribution is 2.16. The van der Waals surface area contributed by atoms with Crippen molar-refractivity contribution in [3.05, 3.63) is 66.2 Å². The molecular weight excluding hydrogens is 412 g/mol. The Labute approximate surface area is 197 Å². The number of rotatable bonds is 10.